The van der Waals surface area contributed by atoms with Gasteiger partial charge in [-0.3, -0.25) is 10.1 Å². The molecule has 0 amide bonds. The summed E-state index contributed by atoms with van der Waals surface area (Å²) in [6.45, 7) is 4.18. The van der Waals surface area contributed by atoms with Gasteiger partial charge in [0.1, 0.15) is 6.33 Å². The molecule has 0 bridgehead atoms. The van der Waals surface area contributed by atoms with Gasteiger partial charge in [-0.2, -0.15) is 0 Å². The van der Waals surface area contributed by atoms with Crippen LogP contribution in [-0.4, -0.2) is 14.9 Å². The first-order chi connectivity index (χ1) is 9.08. The van der Waals surface area contributed by atoms with Gasteiger partial charge >= 0.3 is 0 Å². The number of nitrogens with one attached hydrogen (secondary N) is 1. The van der Waals surface area contributed by atoms with Crippen molar-refractivity contribution in [3.8, 4) is 0 Å². The summed E-state index contributed by atoms with van der Waals surface area (Å²) >= 11 is 0. The summed E-state index contributed by atoms with van der Waals surface area (Å²) in [5.74, 6) is 0. The molecular formula is C13H14N4O2. The van der Waals surface area contributed by atoms with E-state index in [1.165, 1.54) is 6.33 Å². The van der Waals surface area contributed by atoms with Crippen molar-refractivity contribution in [3.63, 3.8) is 0 Å². The molecule has 0 spiro atoms. The molecule has 0 aliphatic carbocycles. The average molecular weight is 258 g/mol. The molecule has 2 aromatic rings. The van der Waals surface area contributed by atoms with Crippen molar-refractivity contribution in [3.05, 3.63) is 57.7 Å². The van der Waals surface area contributed by atoms with Crippen LogP contribution in [0.2, 0.25) is 0 Å². The molecule has 0 aliphatic heterocycles. The Kier molecular flexibility index (Phi) is 3.70. The Balaban J connectivity index is 2.21. The summed E-state index contributed by atoms with van der Waals surface area (Å²) in [7, 11) is 0. The summed E-state index contributed by atoms with van der Waals surface area (Å²) in [6.07, 6.45) is 4.88. The van der Waals surface area contributed by atoms with Crippen molar-refractivity contribution in [2.45, 2.75) is 20.4 Å². The Morgan fingerprint density at radius 3 is 2.53 bits per heavy atom. The number of rotatable bonds is 4. The molecule has 1 aromatic heterocycles. The third-order valence-corrected chi connectivity index (χ3v) is 2.84. The number of nitrogens with zero attached hydrogens (tertiary/aromatic N) is 3. The van der Waals surface area contributed by atoms with E-state index in [9.17, 15) is 10.1 Å². The zero-order valence-corrected chi connectivity index (χ0v) is 10.8. The van der Waals surface area contributed by atoms with E-state index in [2.05, 4.69) is 15.3 Å². The van der Waals surface area contributed by atoms with Crippen LogP contribution in [0.15, 0.2) is 30.9 Å². The fourth-order valence-electron chi connectivity index (χ4n) is 1.85. The maximum atomic E-state index is 10.9. The topological polar surface area (TPSA) is 81.0 Å². The van der Waals surface area contributed by atoms with E-state index in [0.29, 0.717) is 12.1 Å². The summed E-state index contributed by atoms with van der Waals surface area (Å²) in [5.41, 5.74) is 3.43. The van der Waals surface area contributed by atoms with Gasteiger partial charge in [-0.15, -0.1) is 0 Å². The van der Waals surface area contributed by atoms with E-state index in [0.717, 1.165) is 16.8 Å². The molecule has 2 rings (SSSR count). The molecule has 0 saturated heterocycles. The fourth-order valence-corrected chi connectivity index (χ4v) is 1.85. The first-order valence-electron chi connectivity index (χ1n) is 5.81. The van der Waals surface area contributed by atoms with Crippen molar-refractivity contribution in [1.82, 2.24) is 9.97 Å². The Labute approximate surface area is 110 Å². The third kappa shape index (κ3) is 3.04. The van der Waals surface area contributed by atoms with Gasteiger partial charge in [0.25, 0.3) is 5.69 Å². The smallest absolute Gasteiger partial charge is 0.274 e. The predicted octanol–water partition coefficient (Wildman–Crippen LogP) is 2.61. The lowest BCUT2D eigenvalue weighted by atomic mass is 10.1. The van der Waals surface area contributed by atoms with Crippen molar-refractivity contribution in [2.75, 3.05) is 5.32 Å². The van der Waals surface area contributed by atoms with Crippen molar-refractivity contribution >= 4 is 11.4 Å². The molecule has 0 atom stereocenters. The Morgan fingerprint density at radius 2 is 1.89 bits per heavy atom. The van der Waals surface area contributed by atoms with Crippen molar-refractivity contribution in [1.29, 1.82) is 0 Å². The van der Waals surface area contributed by atoms with Crippen LogP contribution in [-0.2, 0) is 6.54 Å². The Bertz CT molecular complexity index is 599. The SMILES string of the molecule is Cc1cc(C)c([N+](=O)[O-])cc1NCc1cncnc1. The van der Waals surface area contributed by atoms with Gasteiger partial charge in [0.2, 0.25) is 0 Å². The van der Waals surface area contributed by atoms with Crippen molar-refractivity contribution in [2.24, 2.45) is 0 Å². The molecule has 0 aliphatic rings. The van der Waals surface area contributed by atoms with E-state index < -0.39 is 0 Å². The van der Waals surface area contributed by atoms with Gasteiger partial charge in [0, 0.05) is 41.8 Å². The minimum atomic E-state index is -0.369. The molecule has 0 saturated carbocycles. The second-order valence-electron chi connectivity index (χ2n) is 4.31. The number of benzene rings is 1. The number of nitro groups is 1. The lowest BCUT2D eigenvalue weighted by Gasteiger charge is -2.10. The number of anilines is 1. The number of hydrogen-bond acceptors (Lipinski definition) is 5. The van der Waals surface area contributed by atoms with E-state index in [-0.39, 0.29) is 10.6 Å². The highest BCUT2D eigenvalue weighted by Crippen LogP contribution is 2.26. The fraction of sp³-hybridized carbons (Fsp3) is 0.231. The molecule has 6 heteroatoms. The molecule has 19 heavy (non-hydrogen) atoms. The van der Waals surface area contributed by atoms with Gasteiger partial charge in [0.15, 0.2) is 0 Å². The standard InChI is InChI=1S/C13H14N4O2/c1-9-3-10(2)13(17(18)19)4-12(9)16-7-11-5-14-8-15-6-11/h3-6,8,16H,7H2,1-2H3. The van der Waals surface area contributed by atoms with E-state index in [1.807, 2.05) is 13.0 Å². The second kappa shape index (κ2) is 5.43. The molecule has 98 valence electrons. The highest BCUT2D eigenvalue weighted by Gasteiger charge is 2.13. The number of hydrogen-bond donors (Lipinski definition) is 1. The van der Waals surface area contributed by atoms with Crippen LogP contribution in [0.3, 0.4) is 0 Å². The van der Waals surface area contributed by atoms with Gasteiger partial charge in [0.05, 0.1) is 4.92 Å². The van der Waals surface area contributed by atoms with Crippen LogP contribution in [0.25, 0.3) is 0 Å². The van der Waals surface area contributed by atoms with E-state index >= 15 is 0 Å². The zero-order valence-electron chi connectivity index (χ0n) is 10.8. The van der Waals surface area contributed by atoms with E-state index in [1.54, 1.807) is 25.4 Å². The maximum absolute atomic E-state index is 10.9. The molecular weight excluding hydrogens is 244 g/mol. The molecule has 1 heterocycles. The highest BCUT2D eigenvalue weighted by atomic mass is 16.6. The predicted molar refractivity (Wildman–Crippen MR) is 71.9 cm³/mol. The summed E-state index contributed by atoms with van der Waals surface area (Å²) in [4.78, 5) is 18.4. The molecule has 1 aromatic carbocycles. The van der Waals surface area contributed by atoms with Gasteiger partial charge in [-0.05, 0) is 25.5 Å². The van der Waals surface area contributed by atoms with Gasteiger partial charge in [-0.1, -0.05) is 0 Å². The van der Waals surface area contributed by atoms with Crippen LogP contribution < -0.4 is 5.32 Å². The number of nitro benzene ring substituents is 1. The Morgan fingerprint density at radius 1 is 1.21 bits per heavy atom. The maximum Gasteiger partial charge on any atom is 0.274 e. The Hall–Kier alpha value is -2.50. The highest BCUT2D eigenvalue weighted by molar-refractivity contribution is 5.60. The van der Waals surface area contributed by atoms with Crippen LogP contribution >= 0.6 is 0 Å². The first-order valence-corrected chi connectivity index (χ1v) is 5.81. The van der Waals surface area contributed by atoms with Crippen LogP contribution in [0.4, 0.5) is 11.4 Å². The number of aryl methyl sites for hydroxylation is 2. The van der Waals surface area contributed by atoms with Gasteiger partial charge < -0.3 is 5.32 Å². The van der Waals surface area contributed by atoms with Gasteiger partial charge in [-0.25, -0.2) is 9.97 Å². The van der Waals surface area contributed by atoms with Crippen LogP contribution in [0.5, 0.6) is 0 Å². The van der Waals surface area contributed by atoms with Crippen LogP contribution in [0.1, 0.15) is 16.7 Å². The monoisotopic (exact) mass is 258 g/mol. The third-order valence-electron chi connectivity index (χ3n) is 2.84. The second-order valence-corrected chi connectivity index (χ2v) is 4.31. The quantitative estimate of drug-likeness (QED) is 0.673. The molecule has 6 nitrogen and oxygen atoms in total. The average Bonchev–Trinajstić information content (AvgIpc) is 2.38. The van der Waals surface area contributed by atoms with E-state index in [4.69, 9.17) is 0 Å². The normalized spacial score (nSPS) is 10.2. The largest absolute Gasteiger partial charge is 0.380 e. The minimum Gasteiger partial charge on any atom is -0.380 e. The molecule has 0 fully saturated rings. The number of aromatic nitrogens is 2. The summed E-state index contributed by atoms with van der Waals surface area (Å²) in [6, 6.07) is 3.37. The molecule has 0 radical (unpaired) electrons. The lowest BCUT2D eigenvalue weighted by molar-refractivity contribution is -0.385. The minimum absolute atomic E-state index is 0.123. The summed E-state index contributed by atoms with van der Waals surface area (Å²) in [5, 5.41) is 14.1. The first kappa shape index (κ1) is 12.9. The summed E-state index contributed by atoms with van der Waals surface area (Å²) < 4.78 is 0. The van der Waals surface area contributed by atoms with Crippen LogP contribution in [0, 0.1) is 24.0 Å². The molecule has 1 N–H and O–H groups in total. The van der Waals surface area contributed by atoms with Crippen molar-refractivity contribution < 1.29 is 4.92 Å². The lowest BCUT2D eigenvalue weighted by Crippen LogP contribution is -2.03. The molecule has 0 unspecified atom stereocenters. The zero-order chi connectivity index (χ0) is 13.8.